The van der Waals surface area contributed by atoms with E-state index in [-0.39, 0.29) is 12.1 Å². The first-order valence-corrected chi connectivity index (χ1v) is 7.89. The number of carbonyl (C=O) groups is 1. The first-order chi connectivity index (χ1) is 9.38. The molecule has 0 spiro atoms. The maximum absolute atomic E-state index is 12.0. The Balaban J connectivity index is 1.96. The molecule has 20 heavy (non-hydrogen) atoms. The summed E-state index contributed by atoms with van der Waals surface area (Å²) in [5, 5.41) is 8.79. The van der Waals surface area contributed by atoms with Crippen molar-refractivity contribution in [3.8, 4) is 0 Å². The topological polar surface area (TPSA) is 86.7 Å². The number of hydrogen-bond donors (Lipinski definition) is 2. The SMILES string of the molecule is C[C@H]1CCN(S(=O)(=O)NCc2ccc(C(=O)O)cc2)C1. The Hall–Kier alpha value is -1.44. The van der Waals surface area contributed by atoms with E-state index in [2.05, 4.69) is 4.72 Å². The molecule has 1 aromatic rings. The van der Waals surface area contributed by atoms with E-state index in [4.69, 9.17) is 5.11 Å². The van der Waals surface area contributed by atoms with Crippen LogP contribution >= 0.6 is 0 Å². The van der Waals surface area contributed by atoms with Gasteiger partial charge in [0.15, 0.2) is 0 Å². The van der Waals surface area contributed by atoms with Gasteiger partial charge in [0, 0.05) is 19.6 Å². The van der Waals surface area contributed by atoms with Gasteiger partial charge in [0.05, 0.1) is 5.56 Å². The number of nitrogens with zero attached hydrogens (tertiary/aromatic N) is 1. The molecular formula is C13H18N2O4S. The molecule has 2 N–H and O–H groups in total. The lowest BCUT2D eigenvalue weighted by atomic mass is 10.1. The second-order valence-corrected chi connectivity index (χ2v) is 6.84. The number of hydrogen-bond acceptors (Lipinski definition) is 3. The second kappa shape index (κ2) is 5.90. The lowest BCUT2D eigenvalue weighted by Gasteiger charge is -2.16. The molecule has 0 amide bonds. The molecule has 7 heteroatoms. The molecule has 2 rings (SSSR count). The van der Waals surface area contributed by atoms with Crippen molar-refractivity contribution in [3.63, 3.8) is 0 Å². The van der Waals surface area contributed by atoms with Crippen molar-refractivity contribution >= 4 is 16.2 Å². The average Bonchev–Trinajstić information content (AvgIpc) is 2.84. The van der Waals surface area contributed by atoms with E-state index in [1.807, 2.05) is 6.92 Å². The van der Waals surface area contributed by atoms with Gasteiger partial charge >= 0.3 is 5.97 Å². The summed E-state index contributed by atoms with van der Waals surface area (Å²) in [5.74, 6) is -0.607. The minimum absolute atomic E-state index is 0.160. The predicted octanol–water partition coefficient (Wildman–Crippen LogP) is 1.06. The van der Waals surface area contributed by atoms with Crippen molar-refractivity contribution < 1.29 is 18.3 Å². The van der Waals surface area contributed by atoms with Gasteiger partial charge in [0.1, 0.15) is 0 Å². The highest BCUT2D eigenvalue weighted by Gasteiger charge is 2.28. The van der Waals surface area contributed by atoms with Crippen molar-refractivity contribution in [1.82, 2.24) is 9.03 Å². The number of benzene rings is 1. The molecule has 0 aliphatic carbocycles. The summed E-state index contributed by atoms with van der Waals surface area (Å²) in [7, 11) is -3.45. The van der Waals surface area contributed by atoms with Crippen molar-refractivity contribution in [2.24, 2.45) is 5.92 Å². The molecule has 6 nitrogen and oxygen atoms in total. The third kappa shape index (κ3) is 3.56. The van der Waals surface area contributed by atoms with Crippen LogP contribution in [0.25, 0.3) is 0 Å². The van der Waals surface area contributed by atoms with Crippen LogP contribution in [0.5, 0.6) is 0 Å². The van der Waals surface area contributed by atoms with Gasteiger partial charge in [0.2, 0.25) is 0 Å². The summed E-state index contributed by atoms with van der Waals surface area (Å²) in [6, 6.07) is 6.14. The van der Waals surface area contributed by atoms with Gasteiger partial charge in [-0.05, 0) is 30.0 Å². The van der Waals surface area contributed by atoms with Gasteiger partial charge < -0.3 is 5.11 Å². The Labute approximate surface area is 118 Å². The second-order valence-electron chi connectivity index (χ2n) is 5.08. The van der Waals surface area contributed by atoms with Crippen LogP contribution in [0.1, 0.15) is 29.3 Å². The minimum atomic E-state index is -3.45. The van der Waals surface area contributed by atoms with Gasteiger partial charge in [-0.3, -0.25) is 0 Å². The van der Waals surface area contributed by atoms with Crippen LogP contribution in [0.2, 0.25) is 0 Å². The molecule has 1 saturated heterocycles. The van der Waals surface area contributed by atoms with E-state index in [1.165, 1.54) is 16.4 Å². The lowest BCUT2D eigenvalue weighted by molar-refractivity contribution is 0.0697. The molecule has 0 bridgehead atoms. The summed E-state index contributed by atoms with van der Waals surface area (Å²) in [6.45, 7) is 3.29. The minimum Gasteiger partial charge on any atom is -0.478 e. The van der Waals surface area contributed by atoms with Crippen molar-refractivity contribution in [1.29, 1.82) is 0 Å². The van der Waals surface area contributed by atoms with Crippen LogP contribution < -0.4 is 4.72 Å². The quantitative estimate of drug-likeness (QED) is 0.851. The summed E-state index contributed by atoms with van der Waals surface area (Å²) in [6.07, 6.45) is 0.883. The molecule has 1 aliphatic rings. The molecule has 0 saturated carbocycles. The Kier molecular flexibility index (Phi) is 4.42. The zero-order valence-corrected chi connectivity index (χ0v) is 12.1. The van der Waals surface area contributed by atoms with Gasteiger partial charge in [0.25, 0.3) is 10.2 Å². The zero-order chi connectivity index (χ0) is 14.8. The van der Waals surface area contributed by atoms with Gasteiger partial charge in [-0.1, -0.05) is 19.1 Å². The summed E-state index contributed by atoms with van der Waals surface area (Å²) in [4.78, 5) is 10.7. The Bertz CT molecular complexity index is 583. The van der Waals surface area contributed by atoms with E-state index < -0.39 is 16.2 Å². The number of carboxylic acid groups (broad SMARTS) is 1. The average molecular weight is 298 g/mol. The fourth-order valence-corrected chi connectivity index (χ4v) is 3.47. The lowest BCUT2D eigenvalue weighted by Crippen LogP contribution is -2.38. The number of rotatable bonds is 5. The molecule has 1 aromatic carbocycles. The first-order valence-electron chi connectivity index (χ1n) is 6.45. The molecule has 110 valence electrons. The number of nitrogens with one attached hydrogen (secondary N) is 1. The van der Waals surface area contributed by atoms with Gasteiger partial charge in [-0.15, -0.1) is 0 Å². The largest absolute Gasteiger partial charge is 0.478 e. The Morgan fingerprint density at radius 2 is 2.05 bits per heavy atom. The van der Waals surface area contributed by atoms with E-state index in [0.717, 1.165) is 12.0 Å². The highest BCUT2D eigenvalue weighted by atomic mass is 32.2. The van der Waals surface area contributed by atoms with Crippen LogP contribution in [0.15, 0.2) is 24.3 Å². The first kappa shape index (κ1) is 15.0. The molecule has 1 aliphatic heterocycles. The molecule has 0 aromatic heterocycles. The maximum Gasteiger partial charge on any atom is 0.335 e. The predicted molar refractivity (Wildman–Crippen MR) is 74.5 cm³/mol. The van der Waals surface area contributed by atoms with Crippen LogP contribution in [0.3, 0.4) is 0 Å². The molecule has 1 heterocycles. The summed E-state index contributed by atoms with van der Waals surface area (Å²) < 4.78 is 28.1. The fourth-order valence-electron chi connectivity index (χ4n) is 2.14. The highest BCUT2D eigenvalue weighted by Crippen LogP contribution is 2.17. The third-order valence-corrected chi connectivity index (χ3v) is 4.91. The van der Waals surface area contributed by atoms with Crippen molar-refractivity contribution in [3.05, 3.63) is 35.4 Å². The maximum atomic E-state index is 12.0. The summed E-state index contributed by atoms with van der Waals surface area (Å²) in [5.41, 5.74) is 0.913. The fraction of sp³-hybridized carbons (Fsp3) is 0.462. The molecule has 0 radical (unpaired) electrons. The molecular weight excluding hydrogens is 280 g/mol. The van der Waals surface area contributed by atoms with Gasteiger partial charge in [-0.2, -0.15) is 17.4 Å². The smallest absolute Gasteiger partial charge is 0.335 e. The van der Waals surface area contributed by atoms with E-state index in [0.29, 0.717) is 19.0 Å². The third-order valence-electron chi connectivity index (χ3n) is 3.39. The summed E-state index contributed by atoms with van der Waals surface area (Å²) >= 11 is 0. The van der Waals surface area contributed by atoms with E-state index in [1.54, 1.807) is 12.1 Å². The van der Waals surface area contributed by atoms with Crippen LogP contribution in [-0.4, -0.2) is 36.9 Å². The standard InChI is InChI=1S/C13H18N2O4S/c1-10-6-7-15(9-10)20(18,19)14-8-11-2-4-12(5-3-11)13(16)17/h2-5,10,14H,6-9H2,1H3,(H,16,17)/t10-/m0/s1. The van der Waals surface area contributed by atoms with Crippen LogP contribution in [0, 0.1) is 5.92 Å². The molecule has 1 fully saturated rings. The number of carboxylic acids is 1. The van der Waals surface area contributed by atoms with E-state index >= 15 is 0 Å². The van der Waals surface area contributed by atoms with Crippen LogP contribution in [0.4, 0.5) is 0 Å². The Morgan fingerprint density at radius 1 is 1.40 bits per heavy atom. The number of aromatic carboxylic acids is 1. The zero-order valence-electron chi connectivity index (χ0n) is 11.2. The Morgan fingerprint density at radius 3 is 2.55 bits per heavy atom. The highest BCUT2D eigenvalue weighted by molar-refractivity contribution is 7.87. The normalized spacial score (nSPS) is 20.1. The molecule has 0 unspecified atom stereocenters. The molecule has 1 atom stereocenters. The van der Waals surface area contributed by atoms with E-state index in [9.17, 15) is 13.2 Å². The van der Waals surface area contributed by atoms with Crippen LogP contribution in [-0.2, 0) is 16.8 Å². The van der Waals surface area contributed by atoms with Crippen molar-refractivity contribution in [2.75, 3.05) is 13.1 Å². The monoisotopic (exact) mass is 298 g/mol. The van der Waals surface area contributed by atoms with Gasteiger partial charge in [-0.25, -0.2) is 4.79 Å². The van der Waals surface area contributed by atoms with Crippen molar-refractivity contribution in [2.45, 2.75) is 19.9 Å².